The number of aliphatic imine (C=N–C) groups is 1. The second-order valence-electron chi connectivity index (χ2n) is 15.9. The van der Waals surface area contributed by atoms with E-state index in [0.29, 0.717) is 11.1 Å². The number of hydrogen-bond donors (Lipinski definition) is 8. The van der Waals surface area contributed by atoms with E-state index in [1.807, 2.05) is 42.5 Å². The summed E-state index contributed by atoms with van der Waals surface area (Å²) in [6, 6.07) is 30.6. The number of phenols is 1. The molecule has 17 nitrogen and oxygen atoms in total. The van der Waals surface area contributed by atoms with Crippen LogP contribution in [0.2, 0.25) is 0 Å². The highest BCUT2D eigenvalue weighted by molar-refractivity contribution is 6.10. The molecule has 0 aliphatic carbocycles. The first-order valence-electron chi connectivity index (χ1n) is 21.6. The number of fused-ring (bicyclic) bond motifs is 1. The summed E-state index contributed by atoms with van der Waals surface area (Å²) < 4.78 is 0. The molecule has 0 spiro atoms. The molecular weight excluding hydrogens is 843 g/mol. The van der Waals surface area contributed by atoms with Gasteiger partial charge in [0.2, 0.25) is 29.5 Å². The van der Waals surface area contributed by atoms with Crippen molar-refractivity contribution in [1.29, 1.82) is 0 Å². The van der Waals surface area contributed by atoms with Crippen LogP contribution in [-0.4, -0.2) is 101 Å². The largest absolute Gasteiger partial charge is 0.508 e. The number of nitrogens with zero attached hydrogens (tertiary/aromatic N) is 2. The molecule has 0 aromatic heterocycles. The fourth-order valence-corrected chi connectivity index (χ4v) is 7.50. The van der Waals surface area contributed by atoms with Gasteiger partial charge >= 0.3 is 0 Å². The Labute approximate surface area is 381 Å². The van der Waals surface area contributed by atoms with Crippen molar-refractivity contribution in [2.45, 2.75) is 62.7 Å². The molecule has 1 heterocycles. The molecule has 342 valence electrons. The van der Waals surface area contributed by atoms with Gasteiger partial charge in [0, 0.05) is 37.1 Å². The Kier molecular flexibility index (Phi) is 16.5. The van der Waals surface area contributed by atoms with E-state index >= 15 is 0 Å². The molecule has 5 aromatic rings. The van der Waals surface area contributed by atoms with Gasteiger partial charge in [-0.25, -0.2) is 0 Å². The SMILES string of the molecule is NC(N)=NCCC[C@@H]1NC(=O)[C@H](CCCN(C(=O)c2ccccc2)C(=O)c2ccccc2)NC(=O)[C@@H](Cc2ccc(O)cc2)NC(=O)CNC(=O)[C@H](Cc2ccc3ccccc3c2)NC1=O. The second kappa shape index (κ2) is 23.0. The van der Waals surface area contributed by atoms with Gasteiger partial charge in [0.15, 0.2) is 5.96 Å². The molecule has 4 atom stereocenters. The molecule has 10 N–H and O–H groups in total. The smallest absolute Gasteiger partial charge is 0.260 e. The number of carbonyl (C=O) groups is 7. The highest BCUT2D eigenvalue weighted by atomic mass is 16.3. The number of aromatic hydroxyl groups is 1. The monoisotopic (exact) mass is 895 g/mol. The zero-order valence-corrected chi connectivity index (χ0v) is 36.2. The van der Waals surface area contributed by atoms with Crippen LogP contribution in [-0.2, 0) is 36.8 Å². The number of amides is 7. The minimum Gasteiger partial charge on any atom is -0.508 e. The number of hydrogen-bond acceptors (Lipinski definition) is 9. The number of phenolic OH excluding ortho intramolecular Hbond substituents is 1. The van der Waals surface area contributed by atoms with Gasteiger partial charge in [-0.1, -0.05) is 91.0 Å². The van der Waals surface area contributed by atoms with Crippen LogP contribution in [0.25, 0.3) is 10.8 Å². The predicted molar refractivity (Wildman–Crippen MR) is 248 cm³/mol. The molecule has 0 unspecified atom stereocenters. The molecule has 6 rings (SSSR count). The Morgan fingerprint density at radius 2 is 1.08 bits per heavy atom. The van der Waals surface area contributed by atoms with Gasteiger partial charge in [-0.15, -0.1) is 0 Å². The van der Waals surface area contributed by atoms with Crippen LogP contribution in [0.5, 0.6) is 5.75 Å². The first-order chi connectivity index (χ1) is 31.8. The number of imide groups is 1. The van der Waals surface area contributed by atoms with Gasteiger partial charge in [0.25, 0.3) is 11.8 Å². The maximum absolute atomic E-state index is 14.5. The van der Waals surface area contributed by atoms with Gasteiger partial charge in [-0.2, -0.15) is 0 Å². The van der Waals surface area contributed by atoms with Crippen molar-refractivity contribution < 1.29 is 38.7 Å². The quantitative estimate of drug-likeness (QED) is 0.0349. The first-order valence-corrected chi connectivity index (χ1v) is 21.6. The second-order valence-corrected chi connectivity index (χ2v) is 15.9. The Bertz CT molecular complexity index is 2500. The number of carbonyl (C=O) groups excluding carboxylic acids is 7. The van der Waals surface area contributed by atoms with Crippen molar-refractivity contribution >= 4 is 58.1 Å². The lowest BCUT2D eigenvalue weighted by atomic mass is 10.0. The topological polar surface area (TPSA) is 268 Å². The van der Waals surface area contributed by atoms with Crippen molar-refractivity contribution in [3.8, 4) is 5.75 Å². The van der Waals surface area contributed by atoms with Crippen LogP contribution in [0.4, 0.5) is 0 Å². The fraction of sp³-hybridized carbons (Fsp3) is 0.265. The van der Waals surface area contributed by atoms with Crippen LogP contribution in [0, 0.1) is 0 Å². The molecule has 5 aromatic carbocycles. The molecule has 1 aliphatic rings. The molecule has 1 aliphatic heterocycles. The van der Waals surface area contributed by atoms with E-state index in [-0.39, 0.29) is 74.5 Å². The van der Waals surface area contributed by atoms with Gasteiger partial charge in [-0.3, -0.25) is 43.5 Å². The van der Waals surface area contributed by atoms with Crippen LogP contribution in [0.3, 0.4) is 0 Å². The summed E-state index contributed by atoms with van der Waals surface area (Å²) in [7, 11) is 0. The van der Waals surface area contributed by atoms with E-state index in [0.717, 1.165) is 15.7 Å². The van der Waals surface area contributed by atoms with Crippen molar-refractivity contribution in [2.75, 3.05) is 19.6 Å². The van der Waals surface area contributed by atoms with E-state index in [1.54, 1.807) is 72.8 Å². The Balaban J connectivity index is 1.32. The van der Waals surface area contributed by atoms with Crippen molar-refractivity contribution in [1.82, 2.24) is 31.5 Å². The Morgan fingerprint density at radius 1 is 0.576 bits per heavy atom. The maximum atomic E-state index is 14.5. The lowest BCUT2D eigenvalue weighted by Gasteiger charge is -2.27. The lowest BCUT2D eigenvalue weighted by molar-refractivity contribution is -0.134. The number of nitrogens with two attached hydrogens (primary N) is 2. The molecule has 7 amide bonds. The summed E-state index contributed by atoms with van der Waals surface area (Å²) in [4.78, 5) is 103. The Hall–Kier alpha value is -8.08. The maximum Gasteiger partial charge on any atom is 0.260 e. The summed E-state index contributed by atoms with van der Waals surface area (Å²) in [5.41, 5.74) is 12.9. The van der Waals surface area contributed by atoms with Gasteiger partial charge in [-0.05, 0) is 84.0 Å². The molecule has 1 fully saturated rings. The molecule has 66 heavy (non-hydrogen) atoms. The minimum atomic E-state index is -1.37. The van der Waals surface area contributed by atoms with Gasteiger partial charge in [0.1, 0.15) is 29.9 Å². The zero-order chi connectivity index (χ0) is 47.0. The predicted octanol–water partition coefficient (Wildman–Crippen LogP) is 2.22. The number of nitrogens with one attached hydrogen (secondary N) is 5. The van der Waals surface area contributed by atoms with E-state index in [1.165, 1.54) is 12.1 Å². The molecule has 1 saturated heterocycles. The molecule has 0 radical (unpaired) electrons. The Morgan fingerprint density at radius 3 is 1.68 bits per heavy atom. The highest BCUT2D eigenvalue weighted by Gasteiger charge is 2.33. The third-order valence-corrected chi connectivity index (χ3v) is 11.0. The number of benzene rings is 5. The fourth-order valence-electron chi connectivity index (χ4n) is 7.50. The van der Waals surface area contributed by atoms with Crippen LogP contribution < -0.4 is 38.1 Å². The molecule has 0 bridgehead atoms. The van der Waals surface area contributed by atoms with Crippen LogP contribution in [0.1, 0.15) is 57.5 Å². The summed E-state index contributed by atoms with van der Waals surface area (Å²) in [5.74, 6) is -5.06. The first kappa shape index (κ1) is 47.4. The van der Waals surface area contributed by atoms with E-state index < -0.39 is 72.1 Å². The minimum absolute atomic E-state index is 0.00772. The lowest BCUT2D eigenvalue weighted by Crippen LogP contribution is -2.58. The van der Waals surface area contributed by atoms with E-state index in [2.05, 4.69) is 31.6 Å². The van der Waals surface area contributed by atoms with Crippen molar-refractivity contribution in [3.63, 3.8) is 0 Å². The highest BCUT2D eigenvalue weighted by Crippen LogP contribution is 2.18. The zero-order valence-electron chi connectivity index (χ0n) is 36.2. The van der Waals surface area contributed by atoms with Gasteiger partial charge < -0.3 is 43.2 Å². The third kappa shape index (κ3) is 13.5. The van der Waals surface area contributed by atoms with Gasteiger partial charge in [0.05, 0.1) is 6.54 Å². The standard InChI is InChI=1S/C49H53N9O8/c50-49(51)52-25-9-17-38-45(63)57-40(29-32-19-22-33-11-7-8-16-36(33)27-32)43(61)53-30-42(60)54-41(28-31-20-23-37(59)24-21-31)46(64)56-39(44(62)55-38)18-10-26-58(47(65)34-12-3-1-4-13-34)48(66)35-14-5-2-6-15-35/h1-8,11-16,19-24,27,38-41,59H,9-10,17-18,25-26,28-30H2,(H,53,61)(H,54,60)(H,55,62)(H,56,64)(H,57,63)(H4,50,51,52)/t38-,39-,40-,41+/m0/s1. The van der Waals surface area contributed by atoms with Crippen LogP contribution in [0.15, 0.2) is 132 Å². The average molecular weight is 896 g/mol. The molecule has 17 heteroatoms. The molecule has 0 saturated carbocycles. The average Bonchev–Trinajstić information content (AvgIpc) is 3.32. The van der Waals surface area contributed by atoms with Crippen molar-refractivity contribution in [3.05, 3.63) is 150 Å². The van der Waals surface area contributed by atoms with Crippen LogP contribution >= 0.6 is 0 Å². The number of rotatable bonds is 14. The van der Waals surface area contributed by atoms with E-state index in [9.17, 15) is 38.7 Å². The third-order valence-electron chi connectivity index (χ3n) is 11.0. The summed E-state index contributed by atoms with van der Waals surface area (Å²) in [6.07, 6.45) is 0.0466. The van der Waals surface area contributed by atoms with Crippen molar-refractivity contribution in [2.24, 2.45) is 16.5 Å². The van der Waals surface area contributed by atoms with E-state index in [4.69, 9.17) is 11.5 Å². The summed E-state index contributed by atoms with van der Waals surface area (Å²) in [6.45, 7) is -0.621. The normalized spacial score (nSPS) is 18.3. The summed E-state index contributed by atoms with van der Waals surface area (Å²) in [5, 5.41) is 25.3. The molecular formula is C49H53N9O8. The summed E-state index contributed by atoms with van der Waals surface area (Å²) >= 11 is 0. The number of guanidine groups is 1.